The van der Waals surface area contributed by atoms with E-state index in [-0.39, 0.29) is 0 Å². The summed E-state index contributed by atoms with van der Waals surface area (Å²) in [5.74, 6) is 2.16. The largest absolute Gasteiger partial charge is 0.494 e. The highest BCUT2D eigenvalue weighted by Gasteiger charge is 2.02. The van der Waals surface area contributed by atoms with E-state index in [1.54, 1.807) is 0 Å². The Bertz CT molecular complexity index is 639. The van der Waals surface area contributed by atoms with Gasteiger partial charge in [0.25, 0.3) is 0 Å². The van der Waals surface area contributed by atoms with E-state index in [4.69, 9.17) is 9.53 Å². The van der Waals surface area contributed by atoms with Gasteiger partial charge < -0.3 is 14.8 Å². The van der Waals surface area contributed by atoms with Gasteiger partial charge >= 0.3 is 0 Å². The molecule has 0 saturated carbocycles. The van der Waals surface area contributed by atoms with Crippen molar-refractivity contribution in [3.63, 3.8) is 0 Å². The number of Topliss-reactive ketones (excluding diaryl/α,β-unsaturated/α-hetero) is 1. The fourth-order valence-corrected chi connectivity index (χ4v) is 3.75. The van der Waals surface area contributed by atoms with Crippen molar-refractivity contribution < 1.29 is 14.3 Å². The van der Waals surface area contributed by atoms with Gasteiger partial charge in [-0.2, -0.15) is 0 Å². The summed E-state index contributed by atoms with van der Waals surface area (Å²) in [6.07, 6.45) is 20.5. The van der Waals surface area contributed by atoms with Gasteiger partial charge in [-0.3, -0.25) is 4.79 Å². The molecule has 0 saturated heterocycles. The number of unbranched alkanes of at least 4 members (excludes halogenated alkanes) is 8. The van der Waals surface area contributed by atoms with Crippen LogP contribution in [0, 0.1) is 5.92 Å². The number of allylic oxidation sites excluding steroid dienone is 2. The minimum atomic E-state index is 0.486. The molecule has 0 bridgehead atoms. The summed E-state index contributed by atoms with van der Waals surface area (Å²) in [4.78, 5) is 19.6. The van der Waals surface area contributed by atoms with Gasteiger partial charge in [-0.25, -0.2) is 0 Å². The highest BCUT2D eigenvalue weighted by atomic mass is 16.5. The molecule has 0 unspecified atom stereocenters. The molecule has 1 rings (SSSR count). The zero-order valence-corrected chi connectivity index (χ0v) is 25.2. The number of likely N-dealkylation sites (N-methyl/N-ethyl adjacent to an activating group) is 1. The Hall–Kier alpha value is -1.94. The third-order valence-corrected chi connectivity index (χ3v) is 6.29. The Labute approximate surface area is 230 Å². The van der Waals surface area contributed by atoms with Crippen LogP contribution in [0.3, 0.4) is 0 Å². The van der Waals surface area contributed by atoms with E-state index in [0.717, 1.165) is 50.9 Å². The Morgan fingerprint density at radius 2 is 1.49 bits per heavy atom. The first-order valence-corrected chi connectivity index (χ1v) is 14.7. The summed E-state index contributed by atoms with van der Waals surface area (Å²) in [7, 11) is 1.99. The van der Waals surface area contributed by atoms with Crippen molar-refractivity contribution in [2.45, 2.75) is 131 Å². The first-order valence-electron chi connectivity index (χ1n) is 14.7. The minimum absolute atomic E-state index is 0.486. The van der Waals surface area contributed by atoms with E-state index < -0.39 is 0 Å². The maximum absolute atomic E-state index is 11.6. The fraction of sp³-hybridized carbons (Fsp3) is 0.697. The summed E-state index contributed by atoms with van der Waals surface area (Å²) in [5.41, 5.74) is 1.35. The quantitative estimate of drug-likeness (QED) is 0.139. The summed E-state index contributed by atoms with van der Waals surface area (Å²) in [6.45, 7) is 13.7. The first-order chi connectivity index (χ1) is 17.9. The Morgan fingerprint density at radius 1 is 0.919 bits per heavy atom. The second-order valence-corrected chi connectivity index (χ2v) is 10.3. The van der Waals surface area contributed by atoms with Crippen LogP contribution in [0.1, 0.15) is 124 Å². The van der Waals surface area contributed by atoms with Crippen LogP contribution in [-0.2, 0) is 16.0 Å². The molecule has 0 aliphatic heterocycles. The Balaban J connectivity index is 0. The molecule has 1 atom stereocenters. The molecule has 4 nitrogen and oxygen atoms in total. The molecule has 0 amide bonds. The van der Waals surface area contributed by atoms with Crippen LogP contribution < -0.4 is 10.1 Å². The molecular weight excluding hydrogens is 458 g/mol. The monoisotopic (exact) mass is 517 g/mol. The highest BCUT2D eigenvalue weighted by Crippen LogP contribution is 2.14. The van der Waals surface area contributed by atoms with Crippen molar-refractivity contribution in [2.24, 2.45) is 5.92 Å². The van der Waals surface area contributed by atoms with Gasteiger partial charge in [0.05, 0.1) is 6.61 Å². The van der Waals surface area contributed by atoms with Crippen molar-refractivity contribution in [3.8, 4) is 5.75 Å². The van der Waals surface area contributed by atoms with Crippen LogP contribution in [-0.4, -0.2) is 32.3 Å². The van der Waals surface area contributed by atoms with Gasteiger partial charge in [-0.05, 0) is 83.0 Å². The molecule has 0 aliphatic rings. The van der Waals surface area contributed by atoms with Crippen LogP contribution in [0.2, 0.25) is 0 Å². The molecular formula is C33H59NO3. The van der Waals surface area contributed by atoms with Gasteiger partial charge in [-0.1, -0.05) is 83.6 Å². The summed E-state index contributed by atoms with van der Waals surface area (Å²) in [5, 5.41) is 3.24. The zero-order chi connectivity index (χ0) is 28.2. The van der Waals surface area contributed by atoms with Crippen molar-refractivity contribution in [1.82, 2.24) is 5.32 Å². The number of hydrogen-bond donors (Lipinski definition) is 1. The number of benzene rings is 1. The summed E-state index contributed by atoms with van der Waals surface area (Å²) < 4.78 is 5.69. The number of hydrogen-bond acceptors (Lipinski definition) is 4. The van der Waals surface area contributed by atoms with E-state index in [2.05, 4.69) is 76.4 Å². The minimum Gasteiger partial charge on any atom is -0.494 e. The average Bonchev–Trinajstić information content (AvgIpc) is 2.90. The first kappa shape index (κ1) is 37.2. The van der Waals surface area contributed by atoms with E-state index in [0.29, 0.717) is 17.7 Å². The van der Waals surface area contributed by atoms with E-state index in [1.807, 2.05) is 13.8 Å². The molecule has 0 radical (unpaired) electrons. The number of ketones is 1. The second-order valence-electron chi connectivity index (χ2n) is 10.3. The maximum Gasteiger partial charge on any atom is 0.132 e. The van der Waals surface area contributed by atoms with Crippen molar-refractivity contribution in [3.05, 3.63) is 42.0 Å². The van der Waals surface area contributed by atoms with Crippen LogP contribution >= 0.6 is 0 Å². The summed E-state index contributed by atoms with van der Waals surface area (Å²) >= 11 is 0. The topological polar surface area (TPSA) is 55.4 Å². The fourth-order valence-electron chi connectivity index (χ4n) is 3.75. The third-order valence-electron chi connectivity index (χ3n) is 6.29. The number of carbonyl (C=O) groups excluding carboxylic acids is 2. The van der Waals surface area contributed by atoms with Crippen molar-refractivity contribution in [1.29, 1.82) is 0 Å². The van der Waals surface area contributed by atoms with Gasteiger partial charge in [0.1, 0.15) is 18.3 Å². The van der Waals surface area contributed by atoms with E-state index in [9.17, 15) is 4.79 Å². The summed E-state index contributed by atoms with van der Waals surface area (Å²) in [6, 6.07) is 8.95. The lowest BCUT2D eigenvalue weighted by Gasteiger charge is -2.11. The zero-order valence-electron chi connectivity index (χ0n) is 25.2. The lowest BCUT2D eigenvalue weighted by molar-refractivity contribution is -0.119. The van der Waals surface area contributed by atoms with Crippen LogP contribution in [0.4, 0.5) is 0 Å². The Kier molecular flexibility index (Phi) is 28.8. The highest BCUT2D eigenvalue weighted by molar-refractivity contribution is 5.78. The molecule has 0 fully saturated rings. The average molecular weight is 518 g/mol. The van der Waals surface area contributed by atoms with Crippen molar-refractivity contribution in [2.75, 3.05) is 13.7 Å². The number of rotatable bonds is 20. The Morgan fingerprint density at radius 3 is 2.00 bits per heavy atom. The van der Waals surface area contributed by atoms with E-state index in [1.165, 1.54) is 56.9 Å². The molecule has 0 aromatic heterocycles. The second kappa shape index (κ2) is 28.6. The van der Waals surface area contributed by atoms with Crippen LogP contribution in [0.5, 0.6) is 5.75 Å². The molecule has 0 aliphatic carbocycles. The standard InChI is InChI=1S/C17H32O.C15H25NO.CH2O/c1-3-5-7-9-10-12-14-16-17(18)15-13-11-8-6-4-2;1-12(2)9-10-17-15-7-5-14(6-8-15)11-13(3)16-4;1-2/h3,5H,4,6-16H2,1-2H3;5-8,12-13,16H,9-11H2,1-4H3;1H2/b5-3+;;/t;13-;/m.1./s1. The molecule has 1 N–H and O–H groups in total. The molecule has 214 valence electrons. The number of carbonyl (C=O) groups is 2. The molecule has 4 heteroatoms. The lowest BCUT2D eigenvalue weighted by atomic mass is 10.0. The van der Waals surface area contributed by atoms with Crippen molar-refractivity contribution >= 4 is 12.6 Å². The van der Waals surface area contributed by atoms with Gasteiger partial charge in [0, 0.05) is 18.9 Å². The molecule has 0 heterocycles. The van der Waals surface area contributed by atoms with Crippen LogP contribution in [0.15, 0.2) is 36.4 Å². The van der Waals surface area contributed by atoms with Gasteiger partial charge in [0.15, 0.2) is 0 Å². The SMILES string of the molecule is C/C=C/CCCCCCC(=O)CCCCCCC.C=O.CN[C@H](C)Cc1ccc(OCCC(C)C)cc1. The molecule has 1 aromatic carbocycles. The normalized spacial score (nSPS) is 11.4. The van der Waals surface area contributed by atoms with Gasteiger partial charge in [-0.15, -0.1) is 0 Å². The molecule has 1 aromatic rings. The van der Waals surface area contributed by atoms with E-state index >= 15 is 0 Å². The number of ether oxygens (including phenoxy) is 1. The molecule has 0 spiro atoms. The smallest absolute Gasteiger partial charge is 0.132 e. The van der Waals surface area contributed by atoms with Gasteiger partial charge in [0.2, 0.25) is 0 Å². The number of nitrogens with one attached hydrogen (secondary N) is 1. The lowest BCUT2D eigenvalue weighted by Crippen LogP contribution is -2.23. The van der Waals surface area contributed by atoms with Crippen LogP contribution in [0.25, 0.3) is 0 Å². The predicted octanol–water partition coefficient (Wildman–Crippen LogP) is 8.91. The predicted molar refractivity (Wildman–Crippen MR) is 162 cm³/mol. The molecule has 37 heavy (non-hydrogen) atoms. The third kappa shape index (κ3) is 26.9. The maximum atomic E-state index is 11.6.